The van der Waals surface area contributed by atoms with E-state index in [4.69, 9.17) is 16.3 Å². The minimum atomic E-state index is 0. The first kappa shape index (κ1) is 24.7. The molecule has 0 atom stereocenters. The summed E-state index contributed by atoms with van der Waals surface area (Å²) in [6.45, 7) is 6.76. The summed E-state index contributed by atoms with van der Waals surface area (Å²) < 4.78 is 5.75. The molecular formula is C22H36ClIN4O. The van der Waals surface area contributed by atoms with E-state index in [1.54, 1.807) is 0 Å². The van der Waals surface area contributed by atoms with E-state index in [0.717, 1.165) is 62.8 Å². The van der Waals surface area contributed by atoms with Crippen LogP contribution in [0.4, 0.5) is 0 Å². The lowest BCUT2D eigenvalue weighted by Crippen LogP contribution is -2.44. The molecule has 1 N–H and O–H groups in total. The van der Waals surface area contributed by atoms with E-state index in [0.29, 0.717) is 5.92 Å². The van der Waals surface area contributed by atoms with Gasteiger partial charge in [-0.3, -0.25) is 9.89 Å². The smallest absolute Gasteiger partial charge is 0.193 e. The molecule has 1 heterocycles. The van der Waals surface area contributed by atoms with Gasteiger partial charge in [-0.15, -0.1) is 24.0 Å². The molecule has 2 aliphatic rings. The van der Waals surface area contributed by atoms with Crippen LogP contribution < -0.4 is 5.32 Å². The molecule has 7 heteroatoms. The van der Waals surface area contributed by atoms with E-state index in [1.807, 2.05) is 19.2 Å². The van der Waals surface area contributed by atoms with E-state index < -0.39 is 0 Å². The Kier molecular flexibility index (Phi) is 11.0. The van der Waals surface area contributed by atoms with Gasteiger partial charge in [0.25, 0.3) is 0 Å². The highest BCUT2D eigenvalue weighted by molar-refractivity contribution is 14.0. The Morgan fingerprint density at radius 2 is 1.93 bits per heavy atom. The van der Waals surface area contributed by atoms with Crippen molar-refractivity contribution < 1.29 is 4.74 Å². The minimum absolute atomic E-state index is 0. The van der Waals surface area contributed by atoms with Crippen molar-refractivity contribution in [2.75, 3.05) is 53.5 Å². The molecule has 0 radical (unpaired) electrons. The van der Waals surface area contributed by atoms with Crippen molar-refractivity contribution in [1.29, 1.82) is 0 Å². The van der Waals surface area contributed by atoms with Gasteiger partial charge in [0.2, 0.25) is 0 Å². The van der Waals surface area contributed by atoms with Crippen LogP contribution in [0.5, 0.6) is 0 Å². The van der Waals surface area contributed by atoms with E-state index >= 15 is 0 Å². The van der Waals surface area contributed by atoms with Crippen molar-refractivity contribution in [2.45, 2.75) is 32.2 Å². The van der Waals surface area contributed by atoms with Gasteiger partial charge in [-0.05, 0) is 62.2 Å². The number of nitrogens with zero attached hydrogens (tertiary/aromatic N) is 3. The van der Waals surface area contributed by atoms with Crippen LogP contribution >= 0.6 is 35.6 Å². The van der Waals surface area contributed by atoms with Gasteiger partial charge in [-0.1, -0.05) is 29.8 Å². The summed E-state index contributed by atoms with van der Waals surface area (Å²) in [5.74, 6) is 2.49. The number of piperidine rings is 1. The van der Waals surface area contributed by atoms with E-state index in [-0.39, 0.29) is 24.0 Å². The Hall–Kier alpha value is -0.570. The Bertz CT molecular complexity index is 633. The maximum atomic E-state index is 6.30. The van der Waals surface area contributed by atoms with Gasteiger partial charge in [0.05, 0.1) is 6.61 Å². The summed E-state index contributed by atoms with van der Waals surface area (Å²) >= 11 is 6.30. The van der Waals surface area contributed by atoms with E-state index in [1.165, 1.54) is 31.2 Å². The number of benzene rings is 1. The van der Waals surface area contributed by atoms with Gasteiger partial charge in [0, 0.05) is 45.4 Å². The van der Waals surface area contributed by atoms with Crippen molar-refractivity contribution >= 4 is 41.5 Å². The maximum absolute atomic E-state index is 6.30. The lowest BCUT2D eigenvalue weighted by molar-refractivity contribution is 0.115. The van der Waals surface area contributed by atoms with Crippen LogP contribution in [0, 0.1) is 11.8 Å². The highest BCUT2D eigenvalue weighted by Crippen LogP contribution is 2.28. The van der Waals surface area contributed by atoms with Gasteiger partial charge in [-0.25, -0.2) is 0 Å². The number of hydrogen-bond donors (Lipinski definition) is 1. The number of likely N-dealkylation sites (tertiary alicyclic amines) is 1. The molecule has 29 heavy (non-hydrogen) atoms. The van der Waals surface area contributed by atoms with Crippen LogP contribution in [-0.4, -0.2) is 69.2 Å². The van der Waals surface area contributed by atoms with Crippen molar-refractivity contribution in [2.24, 2.45) is 16.8 Å². The molecule has 3 rings (SSSR count). The summed E-state index contributed by atoms with van der Waals surface area (Å²) in [7, 11) is 3.94. The zero-order chi connectivity index (χ0) is 19.8. The molecular weight excluding hydrogens is 499 g/mol. The summed E-state index contributed by atoms with van der Waals surface area (Å²) in [4.78, 5) is 9.11. The molecule has 0 aromatic heterocycles. The van der Waals surface area contributed by atoms with Crippen LogP contribution in [0.15, 0.2) is 29.3 Å². The van der Waals surface area contributed by atoms with E-state index in [2.05, 4.69) is 39.3 Å². The third-order valence-corrected chi connectivity index (χ3v) is 6.17. The Morgan fingerprint density at radius 1 is 1.21 bits per heavy atom. The number of guanidine groups is 1. The Morgan fingerprint density at radius 3 is 2.59 bits per heavy atom. The number of nitrogens with one attached hydrogen (secondary N) is 1. The lowest BCUT2D eigenvalue weighted by atomic mass is 9.96. The number of halogens is 2. The van der Waals surface area contributed by atoms with Crippen LogP contribution in [0.25, 0.3) is 0 Å². The number of rotatable bonds is 9. The molecule has 1 aliphatic carbocycles. The highest BCUT2D eigenvalue weighted by Gasteiger charge is 2.22. The van der Waals surface area contributed by atoms with Crippen LogP contribution in [-0.2, 0) is 11.3 Å². The van der Waals surface area contributed by atoms with Crippen LogP contribution in [0.3, 0.4) is 0 Å². The zero-order valence-electron chi connectivity index (χ0n) is 17.8. The fourth-order valence-corrected chi connectivity index (χ4v) is 3.87. The van der Waals surface area contributed by atoms with E-state index in [9.17, 15) is 0 Å². The normalized spacial score (nSPS) is 18.4. The molecule has 5 nitrogen and oxygen atoms in total. The second kappa shape index (κ2) is 13.0. The fourth-order valence-electron chi connectivity index (χ4n) is 3.68. The van der Waals surface area contributed by atoms with Gasteiger partial charge in [0.1, 0.15) is 0 Å². The van der Waals surface area contributed by atoms with Crippen LogP contribution in [0.1, 0.15) is 31.2 Å². The molecule has 2 fully saturated rings. The molecule has 0 amide bonds. The molecule has 1 aliphatic heterocycles. The topological polar surface area (TPSA) is 40.1 Å². The third kappa shape index (κ3) is 8.59. The number of hydrogen-bond acceptors (Lipinski definition) is 3. The Labute approximate surface area is 198 Å². The van der Waals surface area contributed by atoms with Crippen LogP contribution in [0.2, 0.25) is 5.02 Å². The SMILES string of the molecule is CN=C(NCC1CCN(Cc2ccccc2Cl)CC1)N(C)CCOCC1CC1.I. The number of aliphatic imine (C=N–C) groups is 1. The summed E-state index contributed by atoms with van der Waals surface area (Å²) in [5, 5.41) is 4.43. The average Bonchev–Trinajstić information content (AvgIpc) is 3.53. The number of likely N-dealkylation sites (N-methyl/N-ethyl adjacent to an activating group) is 1. The Balaban J connectivity index is 0.00000300. The van der Waals surface area contributed by atoms with Gasteiger partial charge < -0.3 is 15.0 Å². The minimum Gasteiger partial charge on any atom is -0.379 e. The standard InChI is InChI=1S/C22H35ClN4O.HI/c1-24-22(26(2)13-14-28-17-19-7-8-19)25-15-18-9-11-27(12-10-18)16-20-5-3-4-6-21(20)23;/h3-6,18-19H,7-17H2,1-2H3,(H,24,25);1H. The molecule has 1 aromatic rings. The number of ether oxygens (including phenoxy) is 1. The van der Waals surface area contributed by atoms with Gasteiger partial charge in [0.15, 0.2) is 5.96 Å². The van der Waals surface area contributed by atoms with Crippen molar-refractivity contribution in [3.8, 4) is 0 Å². The average molecular weight is 535 g/mol. The second-order valence-corrected chi connectivity index (χ2v) is 8.59. The van der Waals surface area contributed by atoms with Crippen molar-refractivity contribution in [3.05, 3.63) is 34.9 Å². The molecule has 1 aromatic carbocycles. The molecule has 0 bridgehead atoms. The lowest BCUT2D eigenvalue weighted by Gasteiger charge is -2.33. The third-order valence-electron chi connectivity index (χ3n) is 5.80. The highest BCUT2D eigenvalue weighted by atomic mass is 127. The summed E-state index contributed by atoms with van der Waals surface area (Å²) in [6.07, 6.45) is 5.11. The maximum Gasteiger partial charge on any atom is 0.193 e. The molecule has 164 valence electrons. The molecule has 0 spiro atoms. The first-order valence-electron chi connectivity index (χ1n) is 10.6. The quantitative estimate of drug-likeness (QED) is 0.224. The van der Waals surface area contributed by atoms with Gasteiger partial charge in [-0.2, -0.15) is 0 Å². The van der Waals surface area contributed by atoms with Crippen molar-refractivity contribution in [1.82, 2.24) is 15.1 Å². The second-order valence-electron chi connectivity index (χ2n) is 8.18. The first-order chi connectivity index (χ1) is 13.7. The molecule has 0 unspecified atom stereocenters. The first-order valence-corrected chi connectivity index (χ1v) is 11.0. The predicted octanol–water partition coefficient (Wildman–Crippen LogP) is 4.10. The largest absolute Gasteiger partial charge is 0.379 e. The summed E-state index contributed by atoms with van der Waals surface area (Å²) in [5.41, 5.74) is 1.23. The monoisotopic (exact) mass is 534 g/mol. The summed E-state index contributed by atoms with van der Waals surface area (Å²) in [6, 6.07) is 8.17. The molecule has 1 saturated heterocycles. The predicted molar refractivity (Wildman–Crippen MR) is 132 cm³/mol. The zero-order valence-corrected chi connectivity index (χ0v) is 20.9. The van der Waals surface area contributed by atoms with Gasteiger partial charge >= 0.3 is 0 Å². The fraction of sp³-hybridized carbons (Fsp3) is 0.682. The molecule has 1 saturated carbocycles. The van der Waals surface area contributed by atoms with Crippen molar-refractivity contribution in [3.63, 3.8) is 0 Å².